The van der Waals surface area contributed by atoms with E-state index in [0.29, 0.717) is 6.54 Å². The quantitative estimate of drug-likeness (QED) is 0.840. The fraction of sp³-hybridized carbons (Fsp3) is 0.438. The summed E-state index contributed by atoms with van der Waals surface area (Å²) >= 11 is 0. The van der Waals surface area contributed by atoms with E-state index >= 15 is 0 Å². The molecule has 0 unspecified atom stereocenters. The van der Waals surface area contributed by atoms with Gasteiger partial charge in [0.05, 0.1) is 24.4 Å². The van der Waals surface area contributed by atoms with Crippen molar-refractivity contribution in [1.29, 1.82) is 0 Å². The molecule has 1 aliphatic rings. The van der Waals surface area contributed by atoms with Gasteiger partial charge in [0.15, 0.2) is 0 Å². The first-order valence-electron chi connectivity index (χ1n) is 7.17. The Labute approximate surface area is 118 Å². The van der Waals surface area contributed by atoms with E-state index in [1.165, 1.54) is 5.56 Å². The second kappa shape index (κ2) is 5.29. The number of benzene rings is 1. The summed E-state index contributed by atoms with van der Waals surface area (Å²) in [6, 6.07) is 8.07. The highest BCUT2D eigenvalue weighted by atomic mass is 16.5. The summed E-state index contributed by atoms with van der Waals surface area (Å²) in [4.78, 5) is 14.6. The van der Waals surface area contributed by atoms with Gasteiger partial charge in [-0.2, -0.15) is 0 Å². The van der Waals surface area contributed by atoms with Gasteiger partial charge in [0.1, 0.15) is 0 Å². The van der Waals surface area contributed by atoms with E-state index in [4.69, 9.17) is 4.74 Å². The highest BCUT2D eigenvalue weighted by Gasteiger charge is 2.16. The second-order valence-electron chi connectivity index (χ2n) is 5.23. The molecule has 20 heavy (non-hydrogen) atoms. The topological polar surface area (TPSA) is 34.5 Å². The van der Waals surface area contributed by atoms with Crippen LogP contribution in [-0.2, 0) is 11.3 Å². The predicted molar refractivity (Wildman–Crippen MR) is 81.7 cm³/mol. The van der Waals surface area contributed by atoms with Gasteiger partial charge in [0, 0.05) is 31.1 Å². The lowest BCUT2D eigenvalue weighted by molar-refractivity contribution is 0.123. The van der Waals surface area contributed by atoms with Crippen molar-refractivity contribution >= 4 is 16.6 Å². The summed E-state index contributed by atoms with van der Waals surface area (Å²) in [6.07, 6.45) is 0. The molecule has 1 aliphatic heterocycles. The van der Waals surface area contributed by atoms with Crippen LogP contribution in [0.15, 0.2) is 29.1 Å². The monoisotopic (exact) mass is 272 g/mol. The van der Waals surface area contributed by atoms with Crippen LogP contribution >= 0.6 is 0 Å². The predicted octanol–water partition coefficient (Wildman–Crippen LogP) is 2.17. The summed E-state index contributed by atoms with van der Waals surface area (Å²) in [7, 11) is 0. The van der Waals surface area contributed by atoms with Gasteiger partial charge in [0.25, 0.3) is 5.56 Å². The van der Waals surface area contributed by atoms with Crippen LogP contribution in [0.3, 0.4) is 0 Å². The number of pyridine rings is 1. The fourth-order valence-corrected chi connectivity index (χ4v) is 2.87. The van der Waals surface area contributed by atoms with Crippen LogP contribution in [0.2, 0.25) is 0 Å². The van der Waals surface area contributed by atoms with E-state index in [1.807, 2.05) is 11.5 Å². The van der Waals surface area contributed by atoms with Crippen LogP contribution in [0.4, 0.5) is 5.69 Å². The molecule has 4 nitrogen and oxygen atoms in total. The minimum absolute atomic E-state index is 0.0744. The zero-order valence-corrected chi connectivity index (χ0v) is 12.1. The smallest absolute Gasteiger partial charge is 0.253 e. The lowest BCUT2D eigenvalue weighted by Crippen LogP contribution is -2.37. The number of anilines is 1. The van der Waals surface area contributed by atoms with Gasteiger partial charge in [-0.1, -0.05) is 11.6 Å². The van der Waals surface area contributed by atoms with Gasteiger partial charge in [-0.25, -0.2) is 0 Å². The average molecular weight is 272 g/mol. The van der Waals surface area contributed by atoms with E-state index in [-0.39, 0.29) is 5.56 Å². The maximum atomic E-state index is 12.3. The Morgan fingerprint density at radius 2 is 1.95 bits per heavy atom. The largest absolute Gasteiger partial charge is 0.378 e. The van der Waals surface area contributed by atoms with E-state index in [1.54, 1.807) is 6.07 Å². The molecular weight excluding hydrogens is 252 g/mol. The van der Waals surface area contributed by atoms with E-state index < -0.39 is 0 Å². The highest BCUT2D eigenvalue weighted by molar-refractivity contribution is 5.92. The van der Waals surface area contributed by atoms with Crippen molar-refractivity contribution < 1.29 is 4.74 Å². The standard InChI is InChI=1S/C16H20N2O2/c1-3-18-14-5-4-12(2)10-13(14)15(11-16(18)19)17-6-8-20-9-7-17/h4-5,10-11H,3,6-9H2,1-2H3. The lowest BCUT2D eigenvalue weighted by atomic mass is 10.1. The minimum Gasteiger partial charge on any atom is -0.378 e. The Balaban J connectivity index is 2.25. The number of hydrogen-bond acceptors (Lipinski definition) is 3. The van der Waals surface area contributed by atoms with Gasteiger partial charge in [-0.05, 0) is 26.0 Å². The van der Waals surface area contributed by atoms with Crippen LogP contribution in [0.5, 0.6) is 0 Å². The molecule has 0 aliphatic carbocycles. The summed E-state index contributed by atoms with van der Waals surface area (Å²) < 4.78 is 7.24. The minimum atomic E-state index is 0.0744. The van der Waals surface area contributed by atoms with Crippen molar-refractivity contribution in [3.8, 4) is 0 Å². The molecule has 0 spiro atoms. The van der Waals surface area contributed by atoms with Gasteiger partial charge in [-0.3, -0.25) is 4.79 Å². The number of fused-ring (bicyclic) bond motifs is 1. The van der Waals surface area contributed by atoms with E-state index in [0.717, 1.165) is 42.9 Å². The molecule has 1 saturated heterocycles. The zero-order valence-electron chi connectivity index (χ0n) is 12.1. The first-order chi connectivity index (χ1) is 9.70. The molecule has 1 aromatic heterocycles. The van der Waals surface area contributed by atoms with Crippen molar-refractivity contribution in [3.05, 3.63) is 40.2 Å². The third kappa shape index (κ3) is 2.20. The number of hydrogen-bond donors (Lipinski definition) is 0. The second-order valence-corrected chi connectivity index (χ2v) is 5.23. The molecule has 4 heteroatoms. The van der Waals surface area contributed by atoms with Gasteiger partial charge in [0.2, 0.25) is 0 Å². The summed E-state index contributed by atoms with van der Waals surface area (Å²) in [5.41, 5.74) is 3.35. The van der Waals surface area contributed by atoms with Crippen LogP contribution in [0.1, 0.15) is 12.5 Å². The summed E-state index contributed by atoms with van der Waals surface area (Å²) in [5, 5.41) is 1.16. The Hall–Kier alpha value is -1.81. The summed E-state index contributed by atoms with van der Waals surface area (Å²) in [6.45, 7) is 7.94. The van der Waals surface area contributed by atoms with Gasteiger partial charge < -0.3 is 14.2 Å². The molecule has 0 saturated carbocycles. The molecule has 106 valence electrons. The molecule has 0 amide bonds. The molecule has 2 heterocycles. The maximum absolute atomic E-state index is 12.3. The van der Waals surface area contributed by atoms with Crippen molar-refractivity contribution in [2.75, 3.05) is 31.2 Å². The summed E-state index contributed by atoms with van der Waals surface area (Å²) in [5.74, 6) is 0. The number of ether oxygens (including phenoxy) is 1. The Bertz CT molecular complexity index is 685. The van der Waals surface area contributed by atoms with Crippen molar-refractivity contribution in [2.24, 2.45) is 0 Å². The van der Waals surface area contributed by atoms with Crippen molar-refractivity contribution in [3.63, 3.8) is 0 Å². The lowest BCUT2D eigenvalue weighted by Gasteiger charge is -2.30. The molecule has 1 aromatic carbocycles. The third-order valence-corrected chi connectivity index (χ3v) is 3.91. The number of aryl methyl sites for hydroxylation is 2. The first-order valence-corrected chi connectivity index (χ1v) is 7.17. The van der Waals surface area contributed by atoms with Gasteiger partial charge in [-0.15, -0.1) is 0 Å². The van der Waals surface area contributed by atoms with Gasteiger partial charge >= 0.3 is 0 Å². The van der Waals surface area contributed by atoms with Crippen molar-refractivity contribution in [1.82, 2.24) is 4.57 Å². The number of rotatable bonds is 2. The third-order valence-electron chi connectivity index (χ3n) is 3.91. The Morgan fingerprint density at radius 1 is 1.20 bits per heavy atom. The molecule has 0 radical (unpaired) electrons. The van der Waals surface area contributed by atoms with E-state index in [2.05, 4.69) is 30.0 Å². The van der Waals surface area contributed by atoms with Crippen molar-refractivity contribution in [2.45, 2.75) is 20.4 Å². The van der Waals surface area contributed by atoms with Crippen LogP contribution < -0.4 is 10.5 Å². The maximum Gasteiger partial charge on any atom is 0.253 e. The van der Waals surface area contributed by atoms with Crippen LogP contribution in [-0.4, -0.2) is 30.9 Å². The molecule has 1 fully saturated rings. The highest BCUT2D eigenvalue weighted by Crippen LogP contribution is 2.26. The first kappa shape index (κ1) is 13.2. The Kier molecular flexibility index (Phi) is 3.49. The zero-order chi connectivity index (χ0) is 14.1. The molecular formula is C16H20N2O2. The van der Waals surface area contributed by atoms with Crippen LogP contribution in [0.25, 0.3) is 10.9 Å². The molecule has 2 aromatic rings. The SMILES string of the molecule is CCn1c(=O)cc(N2CCOCC2)c2cc(C)ccc21. The number of morpholine rings is 1. The normalized spacial score (nSPS) is 15.8. The molecule has 0 N–H and O–H groups in total. The Morgan fingerprint density at radius 3 is 2.65 bits per heavy atom. The number of nitrogens with zero attached hydrogens (tertiary/aromatic N) is 2. The molecule has 0 bridgehead atoms. The van der Waals surface area contributed by atoms with Crippen LogP contribution in [0, 0.1) is 6.92 Å². The average Bonchev–Trinajstić information content (AvgIpc) is 2.48. The molecule has 3 rings (SSSR count). The molecule has 0 atom stereocenters. The van der Waals surface area contributed by atoms with E-state index in [9.17, 15) is 4.79 Å². The fourth-order valence-electron chi connectivity index (χ4n) is 2.87. The number of aromatic nitrogens is 1.